The third kappa shape index (κ3) is 5.32. The summed E-state index contributed by atoms with van der Waals surface area (Å²) in [5, 5.41) is 2.95. The van der Waals surface area contributed by atoms with Gasteiger partial charge in [-0.05, 0) is 57.2 Å². The van der Waals surface area contributed by atoms with E-state index in [0.29, 0.717) is 5.75 Å². The molecule has 2 aromatic carbocycles. The Morgan fingerprint density at radius 3 is 2.17 bits per heavy atom. The standard InChI is InChI=1S/C19H24N2OS/c1-4-21(5-2)17-10-8-16(9-11-17)20-19(22)14-23-18-12-6-15(3)7-13-18/h6-13H,4-5,14H2,1-3H3,(H,20,22). The van der Waals surface area contributed by atoms with Crippen molar-refractivity contribution in [2.24, 2.45) is 0 Å². The van der Waals surface area contributed by atoms with Gasteiger partial charge in [-0.2, -0.15) is 0 Å². The Kier molecular flexibility index (Phi) is 6.53. The van der Waals surface area contributed by atoms with Crippen LogP contribution in [0.2, 0.25) is 0 Å². The summed E-state index contributed by atoms with van der Waals surface area (Å²) in [6.07, 6.45) is 0. The summed E-state index contributed by atoms with van der Waals surface area (Å²) in [5.41, 5.74) is 3.25. The molecule has 0 aromatic heterocycles. The maximum absolute atomic E-state index is 12.0. The Hall–Kier alpha value is -1.94. The first-order chi connectivity index (χ1) is 11.1. The van der Waals surface area contributed by atoms with Gasteiger partial charge in [0.05, 0.1) is 5.75 Å². The van der Waals surface area contributed by atoms with Crippen molar-refractivity contribution in [3.8, 4) is 0 Å². The van der Waals surface area contributed by atoms with Gasteiger partial charge in [0.2, 0.25) is 5.91 Å². The van der Waals surface area contributed by atoms with Crippen molar-refractivity contribution in [2.75, 3.05) is 29.1 Å². The van der Waals surface area contributed by atoms with Crippen LogP contribution in [0, 0.1) is 6.92 Å². The Morgan fingerprint density at radius 2 is 1.61 bits per heavy atom. The van der Waals surface area contributed by atoms with Gasteiger partial charge in [-0.15, -0.1) is 11.8 Å². The van der Waals surface area contributed by atoms with E-state index in [1.54, 1.807) is 11.8 Å². The van der Waals surface area contributed by atoms with Crippen molar-refractivity contribution in [2.45, 2.75) is 25.7 Å². The van der Waals surface area contributed by atoms with Crippen molar-refractivity contribution in [1.29, 1.82) is 0 Å². The van der Waals surface area contributed by atoms with Gasteiger partial charge in [-0.1, -0.05) is 17.7 Å². The predicted molar refractivity (Wildman–Crippen MR) is 101 cm³/mol. The average Bonchev–Trinajstić information content (AvgIpc) is 2.57. The highest BCUT2D eigenvalue weighted by atomic mass is 32.2. The fourth-order valence-electron chi connectivity index (χ4n) is 2.32. The van der Waals surface area contributed by atoms with Crippen molar-refractivity contribution < 1.29 is 4.79 Å². The van der Waals surface area contributed by atoms with Crippen molar-refractivity contribution in [3.63, 3.8) is 0 Å². The van der Waals surface area contributed by atoms with E-state index in [4.69, 9.17) is 0 Å². The van der Waals surface area contributed by atoms with Gasteiger partial charge < -0.3 is 10.2 Å². The smallest absolute Gasteiger partial charge is 0.234 e. The number of benzene rings is 2. The molecule has 4 heteroatoms. The predicted octanol–water partition coefficient (Wildman–Crippen LogP) is 4.57. The van der Waals surface area contributed by atoms with Crippen molar-refractivity contribution >= 4 is 29.0 Å². The van der Waals surface area contributed by atoms with E-state index >= 15 is 0 Å². The van der Waals surface area contributed by atoms with Crippen LogP contribution in [0.4, 0.5) is 11.4 Å². The highest BCUT2D eigenvalue weighted by Gasteiger charge is 2.05. The van der Waals surface area contributed by atoms with Crippen molar-refractivity contribution in [1.82, 2.24) is 0 Å². The molecule has 0 heterocycles. The summed E-state index contributed by atoms with van der Waals surface area (Å²) in [7, 11) is 0. The van der Waals surface area contributed by atoms with E-state index in [9.17, 15) is 4.79 Å². The maximum atomic E-state index is 12.0. The molecule has 3 nitrogen and oxygen atoms in total. The fourth-order valence-corrected chi connectivity index (χ4v) is 3.02. The van der Waals surface area contributed by atoms with Crippen molar-refractivity contribution in [3.05, 3.63) is 54.1 Å². The molecule has 23 heavy (non-hydrogen) atoms. The molecule has 2 rings (SSSR count). The molecule has 2 aromatic rings. The Balaban J connectivity index is 1.86. The number of thioether (sulfide) groups is 1. The second-order valence-corrected chi connectivity index (χ2v) is 6.42. The number of carbonyl (C=O) groups excluding carboxylic acids is 1. The van der Waals surface area contributed by atoms with E-state index in [0.717, 1.165) is 23.7 Å². The third-order valence-corrected chi connectivity index (χ3v) is 4.68. The lowest BCUT2D eigenvalue weighted by atomic mass is 10.2. The number of carbonyl (C=O) groups is 1. The van der Waals surface area contributed by atoms with Gasteiger partial charge in [0.25, 0.3) is 0 Å². The molecule has 0 aliphatic carbocycles. The zero-order valence-electron chi connectivity index (χ0n) is 14.0. The number of hydrogen-bond donors (Lipinski definition) is 1. The molecule has 0 fully saturated rings. The minimum absolute atomic E-state index is 0.0196. The molecule has 0 atom stereocenters. The summed E-state index contributed by atoms with van der Waals surface area (Å²) in [4.78, 5) is 15.4. The number of nitrogens with one attached hydrogen (secondary N) is 1. The number of rotatable bonds is 7. The molecule has 0 unspecified atom stereocenters. The summed E-state index contributed by atoms with van der Waals surface area (Å²) < 4.78 is 0. The van der Waals surface area contributed by atoms with E-state index in [1.165, 1.54) is 11.3 Å². The van der Waals surface area contributed by atoms with Crippen LogP contribution in [0.3, 0.4) is 0 Å². The molecular weight excluding hydrogens is 304 g/mol. The van der Waals surface area contributed by atoms with Crippen LogP contribution in [0.1, 0.15) is 19.4 Å². The lowest BCUT2D eigenvalue weighted by Crippen LogP contribution is -2.21. The topological polar surface area (TPSA) is 32.3 Å². The lowest BCUT2D eigenvalue weighted by Gasteiger charge is -2.21. The van der Waals surface area contributed by atoms with Crippen LogP contribution < -0.4 is 10.2 Å². The molecule has 1 N–H and O–H groups in total. The maximum Gasteiger partial charge on any atom is 0.234 e. The minimum atomic E-state index is 0.0196. The Morgan fingerprint density at radius 1 is 1.00 bits per heavy atom. The molecule has 0 bridgehead atoms. The van der Waals surface area contributed by atoms with Crippen LogP contribution >= 0.6 is 11.8 Å². The van der Waals surface area contributed by atoms with E-state index in [-0.39, 0.29) is 5.91 Å². The van der Waals surface area contributed by atoms with Gasteiger partial charge >= 0.3 is 0 Å². The van der Waals surface area contributed by atoms with Crippen LogP contribution in [0.25, 0.3) is 0 Å². The average molecular weight is 328 g/mol. The fraction of sp³-hybridized carbons (Fsp3) is 0.316. The molecule has 0 spiro atoms. The summed E-state index contributed by atoms with van der Waals surface area (Å²) >= 11 is 1.55. The minimum Gasteiger partial charge on any atom is -0.372 e. The van der Waals surface area contributed by atoms with Gasteiger partial charge in [0.1, 0.15) is 0 Å². The quantitative estimate of drug-likeness (QED) is 0.756. The zero-order chi connectivity index (χ0) is 16.7. The highest BCUT2D eigenvalue weighted by Crippen LogP contribution is 2.20. The second-order valence-electron chi connectivity index (χ2n) is 5.37. The van der Waals surface area contributed by atoms with Gasteiger partial charge in [0.15, 0.2) is 0 Å². The van der Waals surface area contributed by atoms with Gasteiger partial charge in [-0.25, -0.2) is 0 Å². The van der Waals surface area contributed by atoms with Crippen LogP contribution in [-0.4, -0.2) is 24.7 Å². The van der Waals surface area contributed by atoms with Gasteiger partial charge in [-0.3, -0.25) is 4.79 Å². The third-order valence-electron chi connectivity index (χ3n) is 3.67. The molecule has 0 radical (unpaired) electrons. The Bertz CT molecular complexity index is 619. The molecule has 122 valence electrons. The number of amides is 1. The first kappa shape index (κ1) is 17.4. The number of hydrogen-bond acceptors (Lipinski definition) is 3. The molecule has 0 saturated heterocycles. The zero-order valence-corrected chi connectivity index (χ0v) is 14.8. The largest absolute Gasteiger partial charge is 0.372 e. The molecule has 0 aliphatic heterocycles. The normalized spacial score (nSPS) is 10.4. The molecule has 1 amide bonds. The van der Waals surface area contributed by atoms with E-state index < -0.39 is 0 Å². The monoisotopic (exact) mass is 328 g/mol. The Labute approximate surface area is 143 Å². The summed E-state index contributed by atoms with van der Waals surface area (Å²) in [6, 6.07) is 16.2. The van der Waals surface area contributed by atoms with E-state index in [2.05, 4.69) is 55.3 Å². The van der Waals surface area contributed by atoms with Gasteiger partial charge in [0, 0.05) is 29.4 Å². The first-order valence-corrected chi connectivity index (χ1v) is 8.95. The number of anilines is 2. The van der Waals surface area contributed by atoms with Crippen LogP contribution in [-0.2, 0) is 4.79 Å². The summed E-state index contributed by atoms with van der Waals surface area (Å²) in [6.45, 7) is 8.30. The second kappa shape index (κ2) is 8.63. The lowest BCUT2D eigenvalue weighted by molar-refractivity contribution is -0.113. The molecule has 0 saturated carbocycles. The number of aryl methyl sites for hydroxylation is 1. The molecule has 0 aliphatic rings. The molecular formula is C19H24N2OS. The number of nitrogens with zero attached hydrogens (tertiary/aromatic N) is 1. The van der Waals surface area contributed by atoms with E-state index in [1.807, 2.05) is 24.3 Å². The summed E-state index contributed by atoms with van der Waals surface area (Å²) in [5.74, 6) is 0.437. The van der Waals surface area contributed by atoms with Crippen LogP contribution in [0.15, 0.2) is 53.4 Å². The first-order valence-electron chi connectivity index (χ1n) is 7.96. The highest BCUT2D eigenvalue weighted by molar-refractivity contribution is 8.00. The SMILES string of the molecule is CCN(CC)c1ccc(NC(=O)CSc2ccc(C)cc2)cc1. The van der Waals surface area contributed by atoms with Crippen LogP contribution in [0.5, 0.6) is 0 Å².